The van der Waals surface area contributed by atoms with Crippen LogP contribution in [0.15, 0.2) is 18.2 Å². The fourth-order valence-corrected chi connectivity index (χ4v) is 5.65. The van der Waals surface area contributed by atoms with E-state index in [-0.39, 0.29) is 24.4 Å². The van der Waals surface area contributed by atoms with Gasteiger partial charge >= 0.3 is 6.09 Å². The summed E-state index contributed by atoms with van der Waals surface area (Å²) in [7, 11) is 1.51. The van der Waals surface area contributed by atoms with Gasteiger partial charge in [-0.05, 0) is 32.9 Å². The van der Waals surface area contributed by atoms with Crippen LogP contribution in [0.1, 0.15) is 46.6 Å². The third kappa shape index (κ3) is 4.62. The van der Waals surface area contributed by atoms with E-state index in [9.17, 15) is 14.0 Å². The van der Waals surface area contributed by atoms with E-state index in [1.165, 1.54) is 35.8 Å². The maximum atomic E-state index is 14.4. The lowest BCUT2D eigenvalue weighted by Gasteiger charge is -2.29. The third-order valence-corrected chi connectivity index (χ3v) is 7.06. The standard InChI is InChI=1S/C22H24FN3O4S2/c1-22(2,3)30-21(28)26-9-8-14-16(10-26)32-20(24-14)25-19(27)18-12(11-29-4)17-13(23)6-5-7-15(17)31-18/h5-7H,8-11H2,1-4H3,(H,24,25,27). The molecule has 0 saturated heterocycles. The zero-order valence-electron chi connectivity index (χ0n) is 18.3. The number of thiazole rings is 1. The number of benzene rings is 1. The van der Waals surface area contributed by atoms with Crippen LogP contribution in [0.2, 0.25) is 0 Å². The van der Waals surface area contributed by atoms with Gasteiger partial charge in [-0.3, -0.25) is 10.1 Å². The number of anilines is 1. The van der Waals surface area contributed by atoms with Crippen molar-refractivity contribution in [3.05, 3.63) is 45.0 Å². The summed E-state index contributed by atoms with van der Waals surface area (Å²) in [4.78, 5) is 32.9. The molecule has 170 valence electrons. The number of thiophene rings is 1. The van der Waals surface area contributed by atoms with Crippen LogP contribution in [0.5, 0.6) is 0 Å². The Bertz CT molecular complexity index is 1180. The summed E-state index contributed by atoms with van der Waals surface area (Å²) in [6.45, 7) is 6.52. The molecule has 3 aromatic rings. The van der Waals surface area contributed by atoms with Gasteiger partial charge in [0.05, 0.1) is 23.7 Å². The molecule has 1 aliphatic rings. The second-order valence-electron chi connectivity index (χ2n) is 8.45. The average molecular weight is 478 g/mol. The van der Waals surface area contributed by atoms with Gasteiger partial charge in [0.2, 0.25) is 0 Å². The van der Waals surface area contributed by atoms with Crippen LogP contribution in [-0.4, -0.2) is 41.1 Å². The Kier molecular flexibility index (Phi) is 6.19. The van der Waals surface area contributed by atoms with Gasteiger partial charge in [0.1, 0.15) is 11.4 Å². The Hall–Kier alpha value is -2.56. The first-order valence-corrected chi connectivity index (χ1v) is 11.8. The van der Waals surface area contributed by atoms with Crippen molar-refractivity contribution in [1.29, 1.82) is 0 Å². The van der Waals surface area contributed by atoms with Crippen molar-refractivity contribution in [3.63, 3.8) is 0 Å². The van der Waals surface area contributed by atoms with Crippen LogP contribution >= 0.6 is 22.7 Å². The van der Waals surface area contributed by atoms with Crippen LogP contribution in [0.3, 0.4) is 0 Å². The predicted octanol–water partition coefficient (Wildman–Crippen LogP) is 5.19. The molecule has 2 aromatic heterocycles. The molecule has 0 spiro atoms. The lowest BCUT2D eigenvalue weighted by atomic mass is 10.1. The average Bonchev–Trinajstić information content (AvgIpc) is 3.28. The largest absolute Gasteiger partial charge is 0.444 e. The van der Waals surface area contributed by atoms with Gasteiger partial charge in [-0.15, -0.1) is 11.3 Å². The quantitative estimate of drug-likeness (QED) is 0.559. The first-order chi connectivity index (χ1) is 15.2. The molecule has 7 nitrogen and oxygen atoms in total. The second-order valence-corrected chi connectivity index (χ2v) is 10.6. The van der Waals surface area contributed by atoms with Crippen LogP contribution in [-0.2, 0) is 29.0 Å². The molecule has 0 fully saturated rings. The summed E-state index contributed by atoms with van der Waals surface area (Å²) in [6.07, 6.45) is 0.225. The number of rotatable bonds is 4. The summed E-state index contributed by atoms with van der Waals surface area (Å²) in [5.41, 5.74) is 0.832. The number of hydrogen-bond donors (Lipinski definition) is 1. The van der Waals surface area contributed by atoms with E-state index in [1.54, 1.807) is 17.0 Å². The van der Waals surface area contributed by atoms with Crippen LogP contribution < -0.4 is 5.32 Å². The Morgan fingerprint density at radius 1 is 1.28 bits per heavy atom. The number of fused-ring (bicyclic) bond motifs is 2. The summed E-state index contributed by atoms with van der Waals surface area (Å²) in [5, 5.41) is 3.71. The van der Waals surface area contributed by atoms with Crippen LogP contribution in [0.25, 0.3) is 10.1 Å². The summed E-state index contributed by atoms with van der Waals surface area (Å²) >= 11 is 2.56. The summed E-state index contributed by atoms with van der Waals surface area (Å²) in [5.74, 6) is -0.732. The molecule has 0 atom stereocenters. The number of nitrogens with one attached hydrogen (secondary N) is 1. The number of amides is 2. The third-order valence-electron chi connectivity index (χ3n) is 4.86. The van der Waals surface area contributed by atoms with E-state index < -0.39 is 5.60 Å². The molecule has 2 amide bonds. The van der Waals surface area contributed by atoms with Crippen molar-refractivity contribution in [2.75, 3.05) is 19.0 Å². The molecular formula is C22H24FN3O4S2. The number of carbonyl (C=O) groups is 2. The van der Waals surface area contributed by atoms with Gasteiger partial charge in [0.25, 0.3) is 5.91 Å². The minimum Gasteiger partial charge on any atom is -0.444 e. The van der Waals surface area contributed by atoms with E-state index in [0.29, 0.717) is 45.2 Å². The Balaban J connectivity index is 1.53. The molecule has 32 heavy (non-hydrogen) atoms. The molecule has 1 aromatic carbocycles. The summed E-state index contributed by atoms with van der Waals surface area (Å²) in [6, 6.07) is 4.78. The molecule has 4 rings (SSSR count). The van der Waals surface area contributed by atoms with Gasteiger partial charge in [0, 0.05) is 40.6 Å². The maximum absolute atomic E-state index is 14.4. The minimum atomic E-state index is -0.562. The van der Waals surface area contributed by atoms with E-state index in [0.717, 1.165) is 10.6 Å². The summed E-state index contributed by atoms with van der Waals surface area (Å²) < 4.78 is 25.8. The minimum absolute atomic E-state index is 0.128. The van der Waals surface area contributed by atoms with Crippen molar-refractivity contribution >= 4 is 49.9 Å². The molecule has 0 saturated carbocycles. The molecule has 0 bridgehead atoms. The number of methoxy groups -OCH3 is 1. The molecule has 10 heteroatoms. The highest BCUT2D eigenvalue weighted by Gasteiger charge is 2.29. The molecule has 0 radical (unpaired) electrons. The Morgan fingerprint density at radius 2 is 2.06 bits per heavy atom. The van der Waals surface area contributed by atoms with E-state index in [2.05, 4.69) is 10.3 Å². The molecule has 0 aliphatic carbocycles. The van der Waals surface area contributed by atoms with Crippen molar-refractivity contribution in [2.24, 2.45) is 0 Å². The number of halogens is 1. The smallest absolute Gasteiger partial charge is 0.410 e. The second kappa shape index (κ2) is 8.76. The highest BCUT2D eigenvalue weighted by atomic mass is 32.1. The zero-order valence-corrected chi connectivity index (χ0v) is 19.9. The van der Waals surface area contributed by atoms with Gasteiger partial charge in [-0.1, -0.05) is 17.4 Å². The molecule has 1 N–H and O–H groups in total. The fraction of sp³-hybridized carbons (Fsp3) is 0.409. The number of hydrogen-bond acceptors (Lipinski definition) is 7. The molecule has 0 unspecified atom stereocenters. The van der Waals surface area contributed by atoms with Gasteiger partial charge in [0.15, 0.2) is 5.13 Å². The monoisotopic (exact) mass is 477 g/mol. The normalized spacial score (nSPS) is 13.8. The van der Waals surface area contributed by atoms with E-state index >= 15 is 0 Å². The van der Waals surface area contributed by atoms with Crippen molar-refractivity contribution < 1.29 is 23.5 Å². The maximum Gasteiger partial charge on any atom is 0.410 e. The number of carbonyl (C=O) groups excluding carboxylic acids is 2. The highest BCUT2D eigenvalue weighted by molar-refractivity contribution is 7.21. The number of aromatic nitrogens is 1. The first kappa shape index (κ1) is 22.6. The van der Waals surface area contributed by atoms with Crippen LogP contribution in [0, 0.1) is 5.82 Å². The van der Waals surface area contributed by atoms with Crippen molar-refractivity contribution in [2.45, 2.75) is 45.9 Å². The van der Waals surface area contributed by atoms with Crippen molar-refractivity contribution in [1.82, 2.24) is 9.88 Å². The first-order valence-electron chi connectivity index (χ1n) is 10.1. The van der Waals surface area contributed by atoms with Gasteiger partial charge in [-0.25, -0.2) is 14.2 Å². The van der Waals surface area contributed by atoms with Crippen molar-refractivity contribution in [3.8, 4) is 0 Å². The lowest BCUT2D eigenvalue weighted by molar-refractivity contribution is 0.0225. The Morgan fingerprint density at radius 3 is 2.78 bits per heavy atom. The number of ether oxygens (including phenoxy) is 2. The van der Waals surface area contributed by atoms with E-state index in [1.807, 2.05) is 20.8 Å². The molecular weight excluding hydrogens is 453 g/mol. The Labute approximate surface area is 193 Å². The molecule has 1 aliphatic heterocycles. The SMILES string of the molecule is COCc1c(C(=O)Nc2nc3c(s2)CN(C(=O)OC(C)(C)C)CC3)sc2cccc(F)c12. The lowest BCUT2D eigenvalue weighted by Crippen LogP contribution is -2.39. The molecule has 3 heterocycles. The zero-order chi connectivity index (χ0) is 23.0. The number of nitrogens with zero attached hydrogens (tertiary/aromatic N) is 2. The van der Waals surface area contributed by atoms with Gasteiger partial charge in [-0.2, -0.15) is 0 Å². The highest BCUT2D eigenvalue weighted by Crippen LogP contribution is 2.35. The van der Waals surface area contributed by atoms with Crippen LogP contribution in [0.4, 0.5) is 14.3 Å². The fourth-order valence-electron chi connectivity index (χ4n) is 3.52. The van der Waals surface area contributed by atoms with E-state index in [4.69, 9.17) is 9.47 Å². The topological polar surface area (TPSA) is 80.8 Å². The predicted molar refractivity (Wildman–Crippen MR) is 123 cm³/mol. The van der Waals surface area contributed by atoms with Gasteiger partial charge < -0.3 is 14.4 Å².